The standard InChI is InChI=1S/C31H28ClFN4O4S/c1-21(26-4-3-5-29(18-26)34-22(2)38)35-36-31(39)25-10-6-23(7-11-25)19-37(20-24-8-14-28(33)15-9-24)42(40,41)30-16-12-27(32)13-17-30/h3-18H,19-20H2,1-2H3,(H,34,38)(H,36,39)/b35-21+. The highest BCUT2D eigenvalue weighted by Gasteiger charge is 2.25. The lowest BCUT2D eigenvalue weighted by Crippen LogP contribution is -2.30. The fourth-order valence-corrected chi connectivity index (χ4v) is 5.57. The van der Waals surface area contributed by atoms with Crippen LogP contribution in [0.1, 0.15) is 40.9 Å². The van der Waals surface area contributed by atoms with Crippen molar-refractivity contribution in [3.63, 3.8) is 0 Å². The summed E-state index contributed by atoms with van der Waals surface area (Å²) in [7, 11) is -3.94. The number of rotatable bonds is 10. The number of carbonyl (C=O) groups is 2. The van der Waals surface area contributed by atoms with Crippen LogP contribution in [0.4, 0.5) is 10.1 Å². The molecule has 0 radical (unpaired) electrons. The Morgan fingerprint density at radius 1 is 0.833 bits per heavy atom. The van der Waals surface area contributed by atoms with E-state index < -0.39 is 21.7 Å². The lowest BCUT2D eigenvalue weighted by Gasteiger charge is -2.23. The second-order valence-electron chi connectivity index (χ2n) is 9.45. The summed E-state index contributed by atoms with van der Waals surface area (Å²) >= 11 is 5.95. The van der Waals surface area contributed by atoms with E-state index in [4.69, 9.17) is 11.6 Å². The molecule has 0 spiro atoms. The molecule has 11 heteroatoms. The summed E-state index contributed by atoms with van der Waals surface area (Å²) in [6.07, 6.45) is 0. The molecular weight excluding hydrogens is 579 g/mol. The first-order valence-electron chi connectivity index (χ1n) is 12.8. The zero-order chi connectivity index (χ0) is 30.3. The summed E-state index contributed by atoms with van der Waals surface area (Å²) in [5, 5.41) is 7.28. The van der Waals surface area contributed by atoms with Crippen molar-refractivity contribution in [2.75, 3.05) is 5.32 Å². The van der Waals surface area contributed by atoms with Crippen molar-refractivity contribution in [2.24, 2.45) is 5.10 Å². The molecule has 4 rings (SSSR count). The topological polar surface area (TPSA) is 108 Å². The molecule has 0 heterocycles. The zero-order valence-electron chi connectivity index (χ0n) is 22.8. The molecule has 0 fully saturated rings. The number of carbonyl (C=O) groups excluding carboxylic acids is 2. The molecule has 0 atom stereocenters. The third-order valence-electron chi connectivity index (χ3n) is 6.22. The minimum absolute atomic E-state index is 0.00457. The van der Waals surface area contributed by atoms with Crippen LogP contribution in [0, 0.1) is 5.82 Å². The summed E-state index contributed by atoms with van der Waals surface area (Å²) in [4.78, 5) is 24.1. The van der Waals surface area contributed by atoms with Gasteiger partial charge in [-0.25, -0.2) is 18.2 Å². The van der Waals surface area contributed by atoms with Gasteiger partial charge in [0.15, 0.2) is 0 Å². The lowest BCUT2D eigenvalue weighted by atomic mass is 10.1. The van der Waals surface area contributed by atoms with Crippen LogP contribution < -0.4 is 10.7 Å². The molecule has 0 saturated carbocycles. The minimum atomic E-state index is -3.94. The molecule has 0 aliphatic rings. The summed E-state index contributed by atoms with van der Waals surface area (Å²) in [6.45, 7) is 3.16. The fourth-order valence-electron chi connectivity index (χ4n) is 4.03. The van der Waals surface area contributed by atoms with Gasteiger partial charge in [0.1, 0.15) is 5.82 Å². The molecule has 0 aliphatic heterocycles. The Kier molecular flexibility index (Phi) is 9.84. The molecule has 8 nitrogen and oxygen atoms in total. The van der Waals surface area contributed by atoms with Crippen LogP contribution >= 0.6 is 11.6 Å². The normalized spacial score (nSPS) is 11.8. The number of benzene rings is 4. The van der Waals surface area contributed by atoms with Crippen molar-refractivity contribution < 1.29 is 22.4 Å². The highest BCUT2D eigenvalue weighted by atomic mass is 35.5. The van der Waals surface area contributed by atoms with Crippen LogP contribution in [0.15, 0.2) is 107 Å². The first-order chi connectivity index (χ1) is 20.0. The van der Waals surface area contributed by atoms with Gasteiger partial charge in [-0.1, -0.05) is 48.0 Å². The number of hydrazone groups is 1. The average molecular weight is 607 g/mol. The second-order valence-corrected chi connectivity index (χ2v) is 11.8. The van der Waals surface area contributed by atoms with Crippen molar-refractivity contribution in [3.8, 4) is 0 Å². The first kappa shape index (κ1) is 30.6. The molecule has 4 aromatic rings. The fraction of sp³-hybridized carbons (Fsp3) is 0.129. The Labute approximate surface area is 248 Å². The maximum absolute atomic E-state index is 13.5. The van der Waals surface area contributed by atoms with E-state index in [0.29, 0.717) is 33.1 Å². The van der Waals surface area contributed by atoms with Crippen molar-refractivity contribution in [3.05, 3.63) is 130 Å². The maximum atomic E-state index is 13.5. The van der Waals surface area contributed by atoms with Gasteiger partial charge in [-0.05, 0) is 84.3 Å². The van der Waals surface area contributed by atoms with Crippen LogP contribution in [0.5, 0.6) is 0 Å². The van der Waals surface area contributed by atoms with Crippen LogP contribution in [-0.2, 0) is 27.9 Å². The molecule has 0 bridgehead atoms. The van der Waals surface area contributed by atoms with E-state index in [0.717, 1.165) is 5.56 Å². The van der Waals surface area contributed by atoms with Gasteiger partial charge in [0.2, 0.25) is 15.9 Å². The molecule has 42 heavy (non-hydrogen) atoms. The Morgan fingerprint density at radius 3 is 2.02 bits per heavy atom. The summed E-state index contributed by atoms with van der Waals surface area (Å²) in [5.41, 5.74) is 5.97. The van der Waals surface area contributed by atoms with Crippen molar-refractivity contribution in [1.29, 1.82) is 0 Å². The molecule has 0 aliphatic carbocycles. The third-order valence-corrected chi connectivity index (χ3v) is 8.28. The van der Waals surface area contributed by atoms with E-state index in [1.54, 1.807) is 55.5 Å². The lowest BCUT2D eigenvalue weighted by molar-refractivity contribution is -0.114. The SMILES string of the molecule is CC(=O)Nc1cccc(/C(C)=N/NC(=O)c2ccc(CN(Cc3ccc(F)cc3)S(=O)(=O)c3ccc(Cl)cc3)cc2)c1. The first-order valence-corrected chi connectivity index (χ1v) is 14.6. The van der Waals surface area contributed by atoms with Gasteiger partial charge in [-0.2, -0.15) is 9.41 Å². The molecule has 0 aromatic heterocycles. The van der Waals surface area contributed by atoms with Crippen molar-refractivity contribution in [2.45, 2.75) is 31.8 Å². The van der Waals surface area contributed by atoms with E-state index >= 15 is 0 Å². The number of hydrogen-bond donors (Lipinski definition) is 2. The Bertz CT molecular complexity index is 1710. The van der Waals surface area contributed by atoms with Gasteiger partial charge in [-0.3, -0.25) is 9.59 Å². The van der Waals surface area contributed by atoms with E-state index in [9.17, 15) is 22.4 Å². The highest BCUT2D eigenvalue weighted by Crippen LogP contribution is 2.23. The van der Waals surface area contributed by atoms with Gasteiger partial charge in [-0.15, -0.1) is 0 Å². The van der Waals surface area contributed by atoms with Crippen molar-refractivity contribution >= 4 is 44.8 Å². The molecule has 0 unspecified atom stereocenters. The van der Waals surface area contributed by atoms with Gasteiger partial charge in [0, 0.05) is 36.3 Å². The third kappa shape index (κ3) is 8.10. The Hall–Kier alpha value is -4.38. The highest BCUT2D eigenvalue weighted by molar-refractivity contribution is 7.89. The quantitative estimate of drug-likeness (QED) is 0.171. The number of anilines is 1. The van der Waals surface area contributed by atoms with Gasteiger partial charge < -0.3 is 5.32 Å². The number of sulfonamides is 1. The molecular formula is C31H28ClFN4O4S. The Morgan fingerprint density at radius 2 is 1.43 bits per heavy atom. The van der Waals surface area contributed by atoms with Gasteiger partial charge in [0.05, 0.1) is 10.6 Å². The summed E-state index contributed by atoms with van der Waals surface area (Å²) in [6, 6.07) is 25.1. The molecule has 216 valence electrons. The molecule has 2 amide bonds. The predicted octanol–water partition coefficient (Wildman–Crippen LogP) is 5.98. The summed E-state index contributed by atoms with van der Waals surface area (Å²) in [5.74, 6) is -1.06. The summed E-state index contributed by atoms with van der Waals surface area (Å²) < 4.78 is 41.8. The Balaban J connectivity index is 1.49. The van der Waals surface area contributed by atoms with Crippen LogP contribution in [0.2, 0.25) is 5.02 Å². The predicted molar refractivity (Wildman–Crippen MR) is 161 cm³/mol. The zero-order valence-corrected chi connectivity index (χ0v) is 24.4. The largest absolute Gasteiger partial charge is 0.326 e. The van der Waals surface area contributed by atoms with E-state index in [1.165, 1.54) is 59.8 Å². The molecule has 0 saturated heterocycles. The minimum Gasteiger partial charge on any atom is -0.326 e. The van der Waals surface area contributed by atoms with Gasteiger partial charge >= 0.3 is 0 Å². The van der Waals surface area contributed by atoms with Crippen LogP contribution in [0.25, 0.3) is 0 Å². The maximum Gasteiger partial charge on any atom is 0.271 e. The number of amides is 2. The number of nitrogens with one attached hydrogen (secondary N) is 2. The van der Waals surface area contributed by atoms with E-state index in [1.807, 2.05) is 0 Å². The second kappa shape index (κ2) is 13.5. The van der Waals surface area contributed by atoms with E-state index in [2.05, 4.69) is 15.8 Å². The number of hydrogen-bond acceptors (Lipinski definition) is 5. The average Bonchev–Trinajstić information content (AvgIpc) is 2.97. The molecule has 2 N–H and O–H groups in total. The van der Waals surface area contributed by atoms with Crippen LogP contribution in [0.3, 0.4) is 0 Å². The van der Waals surface area contributed by atoms with Crippen LogP contribution in [-0.4, -0.2) is 30.2 Å². The monoisotopic (exact) mass is 606 g/mol. The smallest absolute Gasteiger partial charge is 0.271 e. The van der Waals surface area contributed by atoms with E-state index in [-0.39, 0.29) is 23.9 Å². The number of nitrogens with zero attached hydrogens (tertiary/aromatic N) is 2. The number of halogens is 2. The molecule has 4 aromatic carbocycles. The van der Waals surface area contributed by atoms with Crippen molar-refractivity contribution in [1.82, 2.24) is 9.73 Å². The van der Waals surface area contributed by atoms with Gasteiger partial charge in [0.25, 0.3) is 5.91 Å².